The van der Waals surface area contributed by atoms with Gasteiger partial charge in [0, 0.05) is 50.7 Å². The molecule has 1 atom stereocenters. The van der Waals surface area contributed by atoms with Crippen molar-refractivity contribution in [3.05, 3.63) is 59.4 Å². The first-order valence-electron chi connectivity index (χ1n) is 11.6. The van der Waals surface area contributed by atoms with Crippen LogP contribution in [0.1, 0.15) is 30.5 Å². The Morgan fingerprint density at radius 3 is 2.56 bits per heavy atom. The average Bonchev–Trinajstić information content (AvgIpc) is 3.06. The zero-order chi connectivity index (χ0) is 22.3. The molecule has 2 aliphatic rings. The summed E-state index contributed by atoms with van der Waals surface area (Å²) in [7, 11) is 0. The molecule has 0 radical (unpaired) electrons. The maximum absolute atomic E-state index is 13.2. The van der Waals surface area contributed by atoms with E-state index in [2.05, 4.69) is 52.0 Å². The van der Waals surface area contributed by atoms with Crippen LogP contribution in [0.25, 0.3) is 0 Å². The van der Waals surface area contributed by atoms with Gasteiger partial charge < -0.3 is 14.4 Å². The fourth-order valence-corrected chi connectivity index (χ4v) is 4.40. The van der Waals surface area contributed by atoms with Crippen molar-refractivity contribution in [1.29, 1.82) is 0 Å². The lowest BCUT2D eigenvalue weighted by molar-refractivity contribution is -0.138. The highest BCUT2D eigenvalue weighted by atomic mass is 16.5. The molecule has 1 saturated heterocycles. The number of morpholine rings is 1. The van der Waals surface area contributed by atoms with Crippen LogP contribution < -0.4 is 4.74 Å². The van der Waals surface area contributed by atoms with Crippen molar-refractivity contribution in [3.63, 3.8) is 0 Å². The number of carbonyl (C=O) groups excluding carboxylic acids is 1. The molecule has 0 bridgehead atoms. The van der Waals surface area contributed by atoms with E-state index in [0.717, 1.165) is 44.0 Å². The number of ether oxygens (including phenoxy) is 2. The van der Waals surface area contributed by atoms with Crippen molar-refractivity contribution in [2.75, 3.05) is 46.0 Å². The molecule has 1 amide bonds. The van der Waals surface area contributed by atoms with Gasteiger partial charge in [0.1, 0.15) is 12.4 Å². The number of aromatic nitrogens is 1. The highest BCUT2D eigenvalue weighted by Gasteiger charge is 2.29. The molecule has 2 aliphatic heterocycles. The number of hydrogen-bond acceptors (Lipinski definition) is 6. The maximum Gasteiger partial charge on any atom is 0.240 e. The third-order valence-corrected chi connectivity index (χ3v) is 6.38. The minimum atomic E-state index is -0.139. The van der Waals surface area contributed by atoms with E-state index in [0.29, 0.717) is 32.9 Å². The van der Waals surface area contributed by atoms with Crippen molar-refractivity contribution in [1.82, 2.24) is 19.7 Å². The van der Waals surface area contributed by atoms with Gasteiger partial charge >= 0.3 is 0 Å². The van der Waals surface area contributed by atoms with Gasteiger partial charge in [-0.1, -0.05) is 13.0 Å². The van der Waals surface area contributed by atoms with Crippen LogP contribution in [0.4, 0.5) is 0 Å². The highest BCUT2D eigenvalue weighted by Crippen LogP contribution is 2.26. The van der Waals surface area contributed by atoms with Crippen LogP contribution in [0.3, 0.4) is 0 Å². The number of fused-ring (bicyclic) bond motifs is 1. The fraction of sp³-hybridized carbons (Fsp3) is 0.520. The lowest BCUT2D eigenvalue weighted by Crippen LogP contribution is -2.51. The second-order valence-electron chi connectivity index (χ2n) is 8.53. The molecule has 1 unspecified atom stereocenters. The molecule has 1 aromatic heterocycles. The summed E-state index contributed by atoms with van der Waals surface area (Å²) in [6.45, 7) is 11.6. The molecular weight excluding hydrogens is 404 g/mol. The molecule has 32 heavy (non-hydrogen) atoms. The zero-order valence-corrected chi connectivity index (χ0v) is 19.2. The Balaban J connectivity index is 1.44. The smallest absolute Gasteiger partial charge is 0.240 e. The van der Waals surface area contributed by atoms with Crippen molar-refractivity contribution < 1.29 is 14.3 Å². The van der Waals surface area contributed by atoms with Crippen LogP contribution in [0.2, 0.25) is 0 Å². The summed E-state index contributed by atoms with van der Waals surface area (Å²) in [4.78, 5) is 23.9. The minimum Gasteiger partial charge on any atom is -0.491 e. The van der Waals surface area contributed by atoms with Crippen molar-refractivity contribution >= 4 is 5.91 Å². The summed E-state index contributed by atoms with van der Waals surface area (Å²) < 4.78 is 11.4. The van der Waals surface area contributed by atoms with Gasteiger partial charge in [-0.25, -0.2) is 0 Å². The maximum atomic E-state index is 13.2. The minimum absolute atomic E-state index is 0.139. The Morgan fingerprint density at radius 1 is 1.06 bits per heavy atom. The van der Waals surface area contributed by atoms with Crippen molar-refractivity contribution in [2.45, 2.75) is 39.5 Å². The van der Waals surface area contributed by atoms with Crippen LogP contribution >= 0.6 is 0 Å². The molecule has 7 nitrogen and oxygen atoms in total. The quantitative estimate of drug-likeness (QED) is 0.662. The van der Waals surface area contributed by atoms with Gasteiger partial charge in [0.25, 0.3) is 0 Å². The molecule has 172 valence electrons. The molecule has 1 aromatic carbocycles. The molecule has 4 rings (SSSR count). The predicted octanol–water partition coefficient (Wildman–Crippen LogP) is 2.55. The summed E-state index contributed by atoms with van der Waals surface area (Å²) in [6.07, 6.45) is 3.68. The predicted molar refractivity (Wildman–Crippen MR) is 123 cm³/mol. The van der Waals surface area contributed by atoms with E-state index in [1.54, 1.807) is 0 Å². The Hall–Kier alpha value is -2.48. The van der Waals surface area contributed by atoms with Gasteiger partial charge in [-0.15, -0.1) is 0 Å². The van der Waals surface area contributed by atoms with Gasteiger partial charge in [0.15, 0.2) is 0 Å². The van der Waals surface area contributed by atoms with Crippen LogP contribution in [0, 0.1) is 0 Å². The van der Waals surface area contributed by atoms with Gasteiger partial charge in [-0.05, 0) is 48.9 Å². The number of pyridine rings is 1. The molecule has 0 N–H and O–H groups in total. The third-order valence-electron chi connectivity index (χ3n) is 6.38. The summed E-state index contributed by atoms with van der Waals surface area (Å²) in [5, 5.41) is 0. The van der Waals surface area contributed by atoms with Gasteiger partial charge in [-0.3, -0.25) is 19.6 Å². The van der Waals surface area contributed by atoms with Crippen molar-refractivity contribution in [2.24, 2.45) is 0 Å². The monoisotopic (exact) mass is 438 g/mol. The van der Waals surface area contributed by atoms with Crippen LogP contribution in [0.15, 0.2) is 42.7 Å². The number of rotatable bonds is 7. The SMILES string of the molecule is CCN(Cc1ccncc1)Cc1ccc2c(c1)CN(C(=O)C(C)N1CCOCC1)CCO2. The van der Waals surface area contributed by atoms with E-state index in [-0.39, 0.29) is 11.9 Å². The van der Waals surface area contributed by atoms with E-state index in [1.165, 1.54) is 11.1 Å². The van der Waals surface area contributed by atoms with Gasteiger partial charge in [0.2, 0.25) is 5.91 Å². The summed E-state index contributed by atoms with van der Waals surface area (Å²) in [5.74, 6) is 1.06. The van der Waals surface area contributed by atoms with E-state index < -0.39 is 0 Å². The molecule has 7 heteroatoms. The van der Waals surface area contributed by atoms with Gasteiger partial charge in [-0.2, -0.15) is 0 Å². The Labute approximate surface area is 190 Å². The van der Waals surface area contributed by atoms with E-state index in [1.807, 2.05) is 24.2 Å². The summed E-state index contributed by atoms with van der Waals surface area (Å²) in [5.41, 5.74) is 3.58. The summed E-state index contributed by atoms with van der Waals surface area (Å²) in [6, 6.07) is 10.4. The number of carbonyl (C=O) groups is 1. The lowest BCUT2D eigenvalue weighted by Gasteiger charge is -2.34. The first-order valence-corrected chi connectivity index (χ1v) is 11.6. The number of amides is 1. The first-order chi connectivity index (χ1) is 15.6. The number of hydrogen-bond donors (Lipinski definition) is 0. The average molecular weight is 439 g/mol. The largest absolute Gasteiger partial charge is 0.491 e. The molecule has 3 heterocycles. The number of nitrogens with zero attached hydrogens (tertiary/aromatic N) is 4. The van der Waals surface area contributed by atoms with Gasteiger partial charge in [0.05, 0.1) is 25.8 Å². The lowest BCUT2D eigenvalue weighted by atomic mass is 10.1. The highest BCUT2D eigenvalue weighted by molar-refractivity contribution is 5.81. The normalized spacial score (nSPS) is 18.0. The molecular formula is C25H34N4O3. The second-order valence-corrected chi connectivity index (χ2v) is 8.53. The van der Waals surface area contributed by atoms with E-state index in [9.17, 15) is 4.79 Å². The fourth-order valence-electron chi connectivity index (χ4n) is 4.40. The molecule has 1 fully saturated rings. The Bertz CT molecular complexity index is 886. The number of benzene rings is 1. The summed E-state index contributed by atoms with van der Waals surface area (Å²) >= 11 is 0. The zero-order valence-electron chi connectivity index (χ0n) is 19.2. The van der Waals surface area contributed by atoms with E-state index in [4.69, 9.17) is 9.47 Å². The van der Waals surface area contributed by atoms with Crippen LogP contribution in [-0.4, -0.2) is 77.6 Å². The second kappa shape index (κ2) is 10.9. The Morgan fingerprint density at radius 2 is 1.81 bits per heavy atom. The molecule has 0 aliphatic carbocycles. The van der Waals surface area contributed by atoms with Crippen molar-refractivity contribution in [3.8, 4) is 5.75 Å². The molecule has 0 spiro atoms. The van der Waals surface area contributed by atoms with Crippen LogP contribution in [-0.2, 0) is 29.2 Å². The van der Waals surface area contributed by atoms with E-state index >= 15 is 0 Å². The molecule has 0 saturated carbocycles. The third kappa shape index (κ3) is 5.65. The van der Waals surface area contributed by atoms with Crippen LogP contribution in [0.5, 0.6) is 5.75 Å². The first kappa shape index (κ1) is 22.7. The standard InChI is InChI=1S/C25H34N4O3/c1-3-27(17-21-6-8-26-9-7-21)18-22-4-5-24-23(16-22)19-29(12-15-32-24)25(30)20(2)28-10-13-31-14-11-28/h4-9,16,20H,3,10-15,17-19H2,1-2H3. The Kier molecular flexibility index (Phi) is 7.73. The topological polar surface area (TPSA) is 58.1 Å². The molecule has 2 aromatic rings.